The smallest absolute Gasteiger partial charge is 0.137 e. The number of benzene rings is 8. The molecule has 8 aromatic carbocycles. The average Bonchev–Trinajstić information content (AvgIpc) is 3.94. The van der Waals surface area contributed by atoms with Gasteiger partial charge in [0.05, 0.1) is 33.1 Å². The molecule has 0 saturated heterocycles. The predicted octanol–water partition coefficient (Wildman–Crippen LogP) is 12.9. The summed E-state index contributed by atoms with van der Waals surface area (Å²) >= 11 is 0. The maximum absolute atomic E-state index is 6.33. The van der Waals surface area contributed by atoms with Crippen molar-refractivity contribution in [2.45, 2.75) is 0 Å². The Morgan fingerprint density at radius 3 is 1.62 bits per heavy atom. The molecule has 0 saturated carbocycles. The third-order valence-electron chi connectivity index (χ3n) is 11.0. The standard InChI is InChI=1S/C48H29N3O/c1-2-12-30(13-3-1)51-41-19-9-4-14-33(41)37-25-27-44-47(48(37)51)38-17-6-10-20-42(38)50(44)31-23-26-43-39(28-31)34-15-5-8-18-40(34)49(43)32-22-24-36-35-16-7-11-21-45(35)52-46(36)29-32/h1-29H. The molecule has 12 aromatic rings. The third kappa shape index (κ3) is 3.65. The van der Waals surface area contributed by atoms with Crippen LogP contribution in [0.2, 0.25) is 0 Å². The first-order valence-corrected chi connectivity index (χ1v) is 17.8. The molecule has 242 valence electrons. The zero-order valence-corrected chi connectivity index (χ0v) is 28.0. The molecule has 0 radical (unpaired) electrons. The predicted molar refractivity (Wildman–Crippen MR) is 217 cm³/mol. The SMILES string of the molecule is c1ccc(-n2c3ccccc3c3ccc4c(c5ccccc5n4-c4ccc5c(c4)c4ccccc4n5-c4ccc5c(c4)oc4ccccc45)c32)cc1. The van der Waals surface area contributed by atoms with Crippen LogP contribution in [0.15, 0.2) is 180 Å². The average molecular weight is 664 g/mol. The summed E-state index contributed by atoms with van der Waals surface area (Å²) in [7, 11) is 0. The Kier molecular flexibility index (Phi) is 5.47. The van der Waals surface area contributed by atoms with E-state index in [-0.39, 0.29) is 0 Å². The number of rotatable bonds is 3. The summed E-state index contributed by atoms with van der Waals surface area (Å²) in [5, 5.41) is 9.72. The van der Waals surface area contributed by atoms with Crippen molar-refractivity contribution in [1.82, 2.24) is 13.7 Å². The van der Waals surface area contributed by atoms with E-state index in [0.717, 1.165) is 44.5 Å². The number of hydrogen-bond donors (Lipinski definition) is 0. The maximum Gasteiger partial charge on any atom is 0.137 e. The Bertz CT molecular complexity index is 3410. The lowest BCUT2D eigenvalue weighted by Gasteiger charge is -2.11. The summed E-state index contributed by atoms with van der Waals surface area (Å²) in [6.07, 6.45) is 0. The monoisotopic (exact) mass is 663 g/mol. The number of para-hydroxylation sites is 5. The van der Waals surface area contributed by atoms with E-state index >= 15 is 0 Å². The Labute approximate surface area is 297 Å². The molecule has 0 amide bonds. The van der Waals surface area contributed by atoms with Crippen LogP contribution in [0.25, 0.3) is 104 Å². The summed E-state index contributed by atoms with van der Waals surface area (Å²) in [4.78, 5) is 0. The lowest BCUT2D eigenvalue weighted by Crippen LogP contribution is -1.96. The Balaban J connectivity index is 1.14. The molecule has 4 nitrogen and oxygen atoms in total. The quantitative estimate of drug-likeness (QED) is 0.185. The molecule has 0 unspecified atom stereocenters. The fourth-order valence-electron chi connectivity index (χ4n) is 8.86. The van der Waals surface area contributed by atoms with Gasteiger partial charge in [-0.3, -0.25) is 0 Å². The fourth-order valence-corrected chi connectivity index (χ4v) is 8.86. The summed E-state index contributed by atoms with van der Waals surface area (Å²) in [5.74, 6) is 0. The van der Waals surface area contributed by atoms with Crippen LogP contribution < -0.4 is 0 Å². The first kappa shape index (κ1) is 27.7. The minimum absolute atomic E-state index is 0.894. The normalized spacial score (nSPS) is 12.2. The van der Waals surface area contributed by atoms with Gasteiger partial charge < -0.3 is 18.1 Å². The summed E-state index contributed by atoms with van der Waals surface area (Å²) in [6.45, 7) is 0. The molecule has 0 aliphatic carbocycles. The van der Waals surface area contributed by atoms with Crippen molar-refractivity contribution in [2.75, 3.05) is 0 Å². The molecule has 4 aromatic heterocycles. The van der Waals surface area contributed by atoms with Gasteiger partial charge in [0.25, 0.3) is 0 Å². The Hall–Kier alpha value is -7.04. The van der Waals surface area contributed by atoms with E-state index < -0.39 is 0 Å². The van der Waals surface area contributed by atoms with Gasteiger partial charge in [0.15, 0.2) is 0 Å². The highest BCUT2D eigenvalue weighted by Gasteiger charge is 2.22. The Morgan fingerprint density at radius 2 is 0.808 bits per heavy atom. The zero-order valence-electron chi connectivity index (χ0n) is 28.0. The van der Waals surface area contributed by atoms with Gasteiger partial charge in [-0.15, -0.1) is 0 Å². The molecule has 0 bridgehead atoms. The number of furan rings is 1. The first-order valence-electron chi connectivity index (χ1n) is 17.8. The molecule has 0 atom stereocenters. The molecular formula is C48H29N3O. The van der Waals surface area contributed by atoms with E-state index in [4.69, 9.17) is 4.42 Å². The Morgan fingerprint density at radius 1 is 0.288 bits per heavy atom. The molecule has 0 spiro atoms. The lowest BCUT2D eigenvalue weighted by molar-refractivity contribution is 0.668. The molecule has 52 heavy (non-hydrogen) atoms. The third-order valence-corrected chi connectivity index (χ3v) is 11.0. The van der Waals surface area contributed by atoms with Crippen LogP contribution in [0, 0.1) is 0 Å². The van der Waals surface area contributed by atoms with Crippen LogP contribution in [0.1, 0.15) is 0 Å². The molecule has 0 aliphatic rings. The van der Waals surface area contributed by atoms with Crippen molar-refractivity contribution in [1.29, 1.82) is 0 Å². The van der Waals surface area contributed by atoms with Gasteiger partial charge in [-0.2, -0.15) is 0 Å². The van der Waals surface area contributed by atoms with Gasteiger partial charge in [0.2, 0.25) is 0 Å². The topological polar surface area (TPSA) is 27.9 Å². The maximum atomic E-state index is 6.33. The zero-order chi connectivity index (χ0) is 33.9. The largest absolute Gasteiger partial charge is 0.456 e. The van der Waals surface area contributed by atoms with Crippen molar-refractivity contribution >= 4 is 87.4 Å². The van der Waals surface area contributed by atoms with Crippen LogP contribution in [-0.4, -0.2) is 13.7 Å². The highest BCUT2D eigenvalue weighted by Crippen LogP contribution is 2.43. The van der Waals surface area contributed by atoms with Crippen LogP contribution in [0.3, 0.4) is 0 Å². The summed E-state index contributed by atoms with van der Waals surface area (Å²) in [6, 6.07) is 63.5. The van der Waals surface area contributed by atoms with E-state index in [0.29, 0.717) is 0 Å². The van der Waals surface area contributed by atoms with Crippen molar-refractivity contribution in [3.8, 4) is 17.1 Å². The van der Waals surface area contributed by atoms with Gasteiger partial charge in [-0.1, -0.05) is 97.1 Å². The van der Waals surface area contributed by atoms with Crippen molar-refractivity contribution in [3.05, 3.63) is 176 Å². The molecular weight excluding hydrogens is 635 g/mol. The second kappa shape index (κ2) is 10.3. The minimum atomic E-state index is 0.894. The second-order valence-electron chi connectivity index (χ2n) is 13.7. The number of aromatic nitrogens is 3. The van der Waals surface area contributed by atoms with E-state index in [9.17, 15) is 0 Å². The highest BCUT2D eigenvalue weighted by atomic mass is 16.3. The van der Waals surface area contributed by atoms with Crippen molar-refractivity contribution in [2.24, 2.45) is 0 Å². The van der Waals surface area contributed by atoms with Crippen LogP contribution in [0.4, 0.5) is 0 Å². The van der Waals surface area contributed by atoms with E-state index in [1.54, 1.807) is 0 Å². The van der Waals surface area contributed by atoms with Crippen molar-refractivity contribution < 1.29 is 4.42 Å². The molecule has 4 heteroatoms. The molecule has 0 fully saturated rings. The van der Waals surface area contributed by atoms with Crippen LogP contribution >= 0.6 is 0 Å². The van der Waals surface area contributed by atoms with Gasteiger partial charge in [0, 0.05) is 66.2 Å². The summed E-state index contributed by atoms with van der Waals surface area (Å²) in [5.41, 5.74) is 12.3. The van der Waals surface area contributed by atoms with Gasteiger partial charge in [0.1, 0.15) is 11.2 Å². The van der Waals surface area contributed by atoms with Gasteiger partial charge in [-0.25, -0.2) is 0 Å². The number of hydrogen-bond acceptors (Lipinski definition) is 1. The first-order chi connectivity index (χ1) is 25.8. The van der Waals surface area contributed by atoms with Gasteiger partial charge in [-0.05, 0) is 72.8 Å². The van der Waals surface area contributed by atoms with Crippen LogP contribution in [0.5, 0.6) is 0 Å². The summed E-state index contributed by atoms with van der Waals surface area (Å²) < 4.78 is 13.6. The number of fused-ring (bicyclic) bond motifs is 13. The number of nitrogens with zero attached hydrogens (tertiary/aromatic N) is 3. The molecule has 0 aliphatic heterocycles. The van der Waals surface area contributed by atoms with E-state index in [2.05, 4.69) is 177 Å². The minimum Gasteiger partial charge on any atom is -0.456 e. The van der Waals surface area contributed by atoms with Crippen LogP contribution in [-0.2, 0) is 0 Å². The highest BCUT2D eigenvalue weighted by molar-refractivity contribution is 6.26. The van der Waals surface area contributed by atoms with Gasteiger partial charge >= 0.3 is 0 Å². The molecule has 0 N–H and O–H groups in total. The van der Waals surface area contributed by atoms with E-state index in [1.165, 1.54) is 59.9 Å². The fraction of sp³-hybridized carbons (Fsp3) is 0. The van der Waals surface area contributed by atoms with Crippen molar-refractivity contribution in [3.63, 3.8) is 0 Å². The molecule has 12 rings (SSSR count). The lowest BCUT2D eigenvalue weighted by atomic mass is 10.1. The van der Waals surface area contributed by atoms with E-state index in [1.807, 2.05) is 12.1 Å². The second-order valence-corrected chi connectivity index (χ2v) is 13.7. The molecule has 4 heterocycles.